The second-order valence-electron chi connectivity index (χ2n) is 4.44. The van der Waals surface area contributed by atoms with Crippen LogP contribution in [0.4, 0.5) is 0 Å². The molecule has 0 radical (unpaired) electrons. The van der Waals surface area contributed by atoms with E-state index in [9.17, 15) is 0 Å². The third-order valence-corrected chi connectivity index (χ3v) is 4.43. The van der Waals surface area contributed by atoms with Crippen LogP contribution in [0.5, 0.6) is 11.5 Å². The summed E-state index contributed by atoms with van der Waals surface area (Å²) in [6, 6.07) is 11.6. The van der Waals surface area contributed by atoms with E-state index in [0.717, 1.165) is 20.2 Å². The van der Waals surface area contributed by atoms with Crippen molar-refractivity contribution in [3.05, 3.63) is 45.1 Å². The summed E-state index contributed by atoms with van der Waals surface area (Å²) in [5.74, 6) is 1.64. The Morgan fingerprint density at radius 3 is 2.30 bits per heavy atom. The predicted molar refractivity (Wildman–Crippen MR) is 86.6 cm³/mol. The zero-order valence-corrected chi connectivity index (χ0v) is 13.9. The minimum atomic E-state index is -0.149. The van der Waals surface area contributed by atoms with Gasteiger partial charge in [-0.3, -0.25) is 0 Å². The van der Waals surface area contributed by atoms with Gasteiger partial charge in [-0.25, -0.2) is 0 Å². The van der Waals surface area contributed by atoms with E-state index >= 15 is 0 Å². The van der Waals surface area contributed by atoms with Crippen molar-refractivity contribution in [2.45, 2.75) is 26.0 Å². The van der Waals surface area contributed by atoms with Crippen LogP contribution in [-0.4, -0.2) is 12.6 Å². The normalized spacial score (nSPS) is 13.8. The first-order chi connectivity index (χ1) is 9.60. The van der Waals surface area contributed by atoms with Crippen LogP contribution < -0.4 is 15.2 Å². The Morgan fingerprint density at radius 2 is 1.80 bits per heavy atom. The number of halogens is 1. The van der Waals surface area contributed by atoms with Crippen molar-refractivity contribution in [2.75, 3.05) is 6.61 Å². The molecule has 1 heterocycles. The van der Waals surface area contributed by atoms with Gasteiger partial charge < -0.3 is 15.2 Å². The molecule has 108 valence electrons. The van der Waals surface area contributed by atoms with Crippen molar-refractivity contribution in [1.29, 1.82) is 0 Å². The van der Waals surface area contributed by atoms with Gasteiger partial charge >= 0.3 is 0 Å². The lowest BCUT2D eigenvalue weighted by Gasteiger charge is -2.21. The third kappa shape index (κ3) is 3.98. The topological polar surface area (TPSA) is 44.5 Å². The molecule has 2 unspecified atom stereocenters. The summed E-state index contributed by atoms with van der Waals surface area (Å²) in [6.07, 6.45) is -0.149. The van der Waals surface area contributed by atoms with Crippen molar-refractivity contribution in [3.63, 3.8) is 0 Å². The van der Waals surface area contributed by atoms with Crippen molar-refractivity contribution >= 4 is 27.3 Å². The van der Waals surface area contributed by atoms with Gasteiger partial charge in [-0.15, -0.1) is 11.3 Å². The van der Waals surface area contributed by atoms with Gasteiger partial charge in [0, 0.05) is 10.9 Å². The summed E-state index contributed by atoms with van der Waals surface area (Å²) < 4.78 is 12.5. The highest BCUT2D eigenvalue weighted by atomic mass is 79.9. The summed E-state index contributed by atoms with van der Waals surface area (Å²) >= 11 is 5.11. The Morgan fingerprint density at radius 1 is 1.15 bits per heavy atom. The SMILES string of the molecule is CCOc1ccc(OC(c2ccc(Br)s2)C(C)N)cc1. The molecule has 0 fully saturated rings. The molecule has 0 aliphatic carbocycles. The minimum absolute atomic E-state index is 0.0906. The average Bonchev–Trinajstić information content (AvgIpc) is 2.84. The summed E-state index contributed by atoms with van der Waals surface area (Å²) in [5, 5.41) is 0. The molecule has 0 aliphatic heterocycles. The van der Waals surface area contributed by atoms with Crippen LogP contribution in [0.15, 0.2) is 40.2 Å². The highest BCUT2D eigenvalue weighted by molar-refractivity contribution is 9.11. The molecule has 2 N–H and O–H groups in total. The minimum Gasteiger partial charge on any atom is -0.494 e. The quantitative estimate of drug-likeness (QED) is 0.836. The van der Waals surface area contributed by atoms with Gasteiger partial charge in [-0.1, -0.05) is 0 Å². The van der Waals surface area contributed by atoms with Gasteiger partial charge in [0.15, 0.2) is 0 Å². The van der Waals surface area contributed by atoms with E-state index in [0.29, 0.717) is 6.61 Å². The zero-order chi connectivity index (χ0) is 14.5. The molecule has 0 saturated heterocycles. The van der Waals surface area contributed by atoms with E-state index in [-0.39, 0.29) is 12.1 Å². The Hall–Kier alpha value is -1.04. The Kier molecular flexibility index (Phi) is 5.46. The third-order valence-electron chi connectivity index (χ3n) is 2.75. The fourth-order valence-corrected chi connectivity index (χ4v) is 3.40. The number of rotatable bonds is 6. The second kappa shape index (κ2) is 7.11. The summed E-state index contributed by atoms with van der Waals surface area (Å²) in [5.41, 5.74) is 6.05. The Bertz CT molecular complexity index is 539. The smallest absolute Gasteiger partial charge is 0.148 e. The average molecular weight is 356 g/mol. The maximum Gasteiger partial charge on any atom is 0.148 e. The fraction of sp³-hybridized carbons (Fsp3) is 0.333. The number of hydrogen-bond donors (Lipinski definition) is 1. The molecule has 2 aromatic rings. The molecule has 2 atom stereocenters. The van der Waals surface area contributed by atoms with Gasteiger partial charge in [-0.05, 0) is 66.2 Å². The van der Waals surface area contributed by atoms with Gasteiger partial charge in [0.25, 0.3) is 0 Å². The van der Waals surface area contributed by atoms with Crippen molar-refractivity contribution in [3.8, 4) is 11.5 Å². The number of hydrogen-bond acceptors (Lipinski definition) is 4. The monoisotopic (exact) mass is 355 g/mol. The van der Waals surface area contributed by atoms with E-state index < -0.39 is 0 Å². The fourth-order valence-electron chi connectivity index (χ4n) is 1.83. The predicted octanol–water partition coefficient (Wildman–Crippen LogP) is 4.38. The van der Waals surface area contributed by atoms with Crippen LogP contribution in [0, 0.1) is 0 Å². The molecule has 0 bridgehead atoms. The molecular formula is C15H18BrNO2S. The molecule has 20 heavy (non-hydrogen) atoms. The number of thiophene rings is 1. The molecule has 0 spiro atoms. The van der Waals surface area contributed by atoms with Crippen molar-refractivity contribution in [1.82, 2.24) is 0 Å². The number of benzene rings is 1. The number of ether oxygens (including phenoxy) is 2. The molecule has 0 amide bonds. The van der Waals surface area contributed by atoms with Crippen LogP contribution >= 0.6 is 27.3 Å². The van der Waals surface area contributed by atoms with Crippen molar-refractivity contribution < 1.29 is 9.47 Å². The van der Waals surface area contributed by atoms with E-state index in [2.05, 4.69) is 15.9 Å². The zero-order valence-electron chi connectivity index (χ0n) is 11.5. The van der Waals surface area contributed by atoms with Crippen LogP contribution in [0.3, 0.4) is 0 Å². The Labute approximate surface area is 131 Å². The Balaban J connectivity index is 2.12. The van der Waals surface area contributed by atoms with E-state index in [1.807, 2.05) is 50.2 Å². The second-order valence-corrected chi connectivity index (χ2v) is 6.94. The van der Waals surface area contributed by atoms with Gasteiger partial charge in [-0.2, -0.15) is 0 Å². The molecule has 1 aromatic heterocycles. The maximum absolute atomic E-state index is 6.05. The van der Waals surface area contributed by atoms with Crippen LogP contribution in [0.1, 0.15) is 24.8 Å². The van der Waals surface area contributed by atoms with E-state index in [1.54, 1.807) is 11.3 Å². The van der Waals surface area contributed by atoms with E-state index in [4.69, 9.17) is 15.2 Å². The summed E-state index contributed by atoms with van der Waals surface area (Å²) in [6.45, 7) is 4.57. The molecular weight excluding hydrogens is 338 g/mol. The number of nitrogens with two attached hydrogens (primary N) is 1. The molecule has 1 aromatic carbocycles. The van der Waals surface area contributed by atoms with Crippen LogP contribution in [0.2, 0.25) is 0 Å². The summed E-state index contributed by atoms with van der Waals surface area (Å²) in [4.78, 5) is 1.11. The maximum atomic E-state index is 6.05. The summed E-state index contributed by atoms with van der Waals surface area (Å²) in [7, 11) is 0. The lowest BCUT2D eigenvalue weighted by atomic mass is 10.1. The molecule has 3 nitrogen and oxygen atoms in total. The van der Waals surface area contributed by atoms with Crippen molar-refractivity contribution in [2.24, 2.45) is 5.73 Å². The lowest BCUT2D eigenvalue weighted by Crippen LogP contribution is -2.28. The largest absolute Gasteiger partial charge is 0.494 e. The van der Waals surface area contributed by atoms with E-state index in [1.165, 1.54) is 0 Å². The van der Waals surface area contributed by atoms with Gasteiger partial charge in [0.05, 0.1) is 10.4 Å². The highest BCUT2D eigenvalue weighted by Crippen LogP contribution is 2.32. The first-order valence-electron chi connectivity index (χ1n) is 6.50. The molecule has 0 aliphatic rings. The van der Waals surface area contributed by atoms with Gasteiger partial charge in [0.2, 0.25) is 0 Å². The van der Waals surface area contributed by atoms with Crippen LogP contribution in [0.25, 0.3) is 0 Å². The molecule has 2 rings (SSSR count). The first-order valence-corrected chi connectivity index (χ1v) is 8.11. The van der Waals surface area contributed by atoms with Gasteiger partial charge in [0.1, 0.15) is 17.6 Å². The standard InChI is InChI=1S/C15H18BrNO2S/c1-3-18-11-4-6-12(7-5-11)19-15(10(2)17)13-8-9-14(16)20-13/h4-10,15H,3,17H2,1-2H3. The van der Waals surface area contributed by atoms with Crippen LogP contribution in [-0.2, 0) is 0 Å². The molecule has 5 heteroatoms. The first kappa shape index (κ1) is 15.4. The molecule has 0 saturated carbocycles. The lowest BCUT2D eigenvalue weighted by molar-refractivity contribution is 0.184. The highest BCUT2D eigenvalue weighted by Gasteiger charge is 2.20.